The summed E-state index contributed by atoms with van der Waals surface area (Å²) in [5, 5.41) is 9.38. The number of ether oxygens (including phenoxy) is 1. The lowest BCUT2D eigenvalue weighted by molar-refractivity contribution is 0.0598. The second-order valence-electron chi connectivity index (χ2n) is 4.58. The van der Waals surface area contributed by atoms with Crippen molar-refractivity contribution in [2.75, 3.05) is 25.1 Å². The van der Waals surface area contributed by atoms with Crippen LogP contribution in [-0.2, 0) is 10.5 Å². The van der Waals surface area contributed by atoms with Gasteiger partial charge >= 0.3 is 5.97 Å². The molecule has 3 rings (SSSR count). The quantitative estimate of drug-likeness (QED) is 0.618. The smallest absolute Gasteiger partial charge is 0.341 e. The second-order valence-corrected chi connectivity index (χ2v) is 6.76. The average molecular weight is 325 g/mol. The molecule has 112 valence electrons. The van der Waals surface area contributed by atoms with Crippen molar-refractivity contribution in [3.05, 3.63) is 23.7 Å². The van der Waals surface area contributed by atoms with Gasteiger partial charge in [-0.2, -0.15) is 0 Å². The zero-order valence-electron chi connectivity index (χ0n) is 11.6. The van der Waals surface area contributed by atoms with Crippen LogP contribution in [0.5, 0.6) is 0 Å². The predicted molar refractivity (Wildman–Crippen MR) is 81.0 cm³/mol. The highest BCUT2D eigenvalue weighted by Crippen LogP contribution is 2.32. The van der Waals surface area contributed by atoms with Gasteiger partial charge < -0.3 is 14.1 Å². The number of methoxy groups -OCH3 is 1. The summed E-state index contributed by atoms with van der Waals surface area (Å²) in [6.07, 6.45) is 3.94. The van der Waals surface area contributed by atoms with Crippen LogP contribution in [0.1, 0.15) is 29.0 Å². The van der Waals surface area contributed by atoms with Crippen LogP contribution in [0, 0.1) is 0 Å². The summed E-state index contributed by atoms with van der Waals surface area (Å²) in [4.78, 5) is 13.8. The number of furan rings is 1. The molecular formula is C13H15N3O3S2. The highest BCUT2D eigenvalue weighted by molar-refractivity contribution is 8.00. The predicted octanol–water partition coefficient (Wildman–Crippen LogP) is 2.81. The fourth-order valence-corrected chi connectivity index (χ4v) is 4.01. The Balaban J connectivity index is 1.63. The number of carbonyl (C=O) groups excluding carboxylic acids is 1. The van der Waals surface area contributed by atoms with Crippen molar-refractivity contribution in [2.24, 2.45) is 0 Å². The standard InChI is InChI=1S/C13H15N3O3S2/c1-18-11(17)9-4-7-19-10(9)8-20-13-15-14-12(21-13)16-5-2-3-6-16/h4,7H,2-3,5-6,8H2,1H3. The van der Waals surface area contributed by atoms with Gasteiger partial charge in [-0.1, -0.05) is 23.1 Å². The van der Waals surface area contributed by atoms with E-state index in [-0.39, 0.29) is 5.97 Å². The molecule has 2 aromatic rings. The van der Waals surface area contributed by atoms with Gasteiger partial charge in [0, 0.05) is 13.1 Å². The highest BCUT2D eigenvalue weighted by Gasteiger charge is 2.19. The summed E-state index contributed by atoms with van der Waals surface area (Å²) >= 11 is 3.10. The van der Waals surface area contributed by atoms with E-state index in [0.29, 0.717) is 17.1 Å². The molecule has 1 saturated heterocycles. The van der Waals surface area contributed by atoms with Gasteiger partial charge in [0.1, 0.15) is 11.3 Å². The minimum atomic E-state index is -0.380. The Bertz CT molecular complexity index is 620. The summed E-state index contributed by atoms with van der Waals surface area (Å²) in [6.45, 7) is 2.12. The Morgan fingerprint density at radius 1 is 1.48 bits per heavy atom. The normalized spacial score (nSPS) is 14.6. The van der Waals surface area contributed by atoms with E-state index in [1.54, 1.807) is 17.4 Å². The maximum Gasteiger partial charge on any atom is 0.341 e. The molecule has 0 amide bonds. The zero-order valence-corrected chi connectivity index (χ0v) is 13.2. The van der Waals surface area contributed by atoms with Crippen molar-refractivity contribution in [2.45, 2.75) is 22.9 Å². The molecule has 0 N–H and O–H groups in total. The van der Waals surface area contributed by atoms with Crippen molar-refractivity contribution in [1.29, 1.82) is 0 Å². The van der Waals surface area contributed by atoms with Gasteiger partial charge in [-0.25, -0.2) is 4.79 Å². The summed E-state index contributed by atoms with van der Waals surface area (Å²) < 4.78 is 10.9. The number of thioether (sulfide) groups is 1. The monoisotopic (exact) mass is 325 g/mol. The summed E-state index contributed by atoms with van der Waals surface area (Å²) in [7, 11) is 1.36. The lowest BCUT2D eigenvalue weighted by Crippen LogP contribution is -2.17. The van der Waals surface area contributed by atoms with Gasteiger partial charge in [0.05, 0.1) is 19.1 Å². The molecule has 0 atom stereocenters. The van der Waals surface area contributed by atoms with Crippen LogP contribution in [0.25, 0.3) is 0 Å². The minimum absolute atomic E-state index is 0.380. The van der Waals surface area contributed by atoms with Crippen molar-refractivity contribution in [3.8, 4) is 0 Å². The molecule has 0 aliphatic carbocycles. The Kier molecular flexibility index (Phi) is 4.45. The third-order valence-electron chi connectivity index (χ3n) is 3.25. The molecular weight excluding hydrogens is 310 g/mol. The number of esters is 1. The molecule has 1 aliphatic heterocycles. The molecule has 0 aromatic carbocycles. The number of nitrogens with zero attached hydrogens (tertiary/aromatic N) is 3. The van der Waals surface area contributed by atoms with Crippen LogP contribution in [-0.4, -0.2) is 36.4 Å². The van der Waals surface area contributed by atoms with E-state index in [4.69, 9.17) is 9.15 Å². The first kappa shape index (κ1) is 14.4. The van der Waals surface area contributed by atoms with Gasteiger partial charge in [0.15, 0.2) is 4.34 Å². The van der Waals surface area contributed by atoms with Gasteiger partial charge in [-0.3, -0.25) is 0 Å². The van der Waals surface area contributed by atoms with Crippen LogP contribution in [0.3, 0.4) is 0 Å². The average Bonchev–Trinajstić information content (AvgIpc) is 3.23. The maximum absolute atomic E-state index is 11.6. The first-order valence-corrected chi connectivity index (χ1v) is 8.44. The molecule has 0 spiro atoms. The van der Waals surface area contributed by atoms with E-state index in [1.165, 1.54) is 38.0 Å². The lowest BCUT2D eigenvalue weighted by atomic mass is 10.3. The number of carbonyl (C=O) groups is 1. The fourth-order valence-electron chi connectivity index (χ4n) is 2.17. The molecule has 1 fully saturated rings. The van der Waals surface area contributed by atoms with Crippen molar-refractivity contribution >= 4 is 34.2 Å². The second kappa shape index (κ2) is 6.48. The first-order valence-electron chi connectivity index (χ1n) is 6.64. The van der Waals surface area contributed by atoms with Crippen LogP contribution >= 0.6 is 23.1 Å². The topological polar surface area (TPSA) is 68.5 Å². The lowest BCUT2D eigenvalue weighted by Gasteiger charge is -2.10. The summed E-state index contributed by atoms with van der Waals surface area (Å²) in [5.41, 5.74) is 0.467. The van der Waals surface area contributed by atoms with E-state index >= 15 is 0 Å². The van der Waals surface area contributed by atoms with Crippen molar-refractivity contribution < 1.29 is 13.9 Å². The molecule has 0 radical (unpaired) electrons. The highest BCUT2D eigenvalue weighted by atomic mass is 32.2. The molecule has 21 heavy (non-hydrogen) atoms. The summed E-state index contributed by atoms with van der Waals surface area (Å²) in [5.74, 6) is 0.755. The third-order valence-corrected chi connectivity index (χ3v) is 5.37. The van der Waals surface area contributed by atoms with Gasteiger partial charge in [0.2, 0.25) is 5.13 Å². The molecule has 2 aromatic heterocycles. The molecule has 6 nitrogen and oxygen atoms in total. The van der Waals surface area contributed by atoms with E-state index in [9.17, 15) is 4.79 Å². The van der Waals surface area contributed by atoms with E-state index in [2.05, 4.69) is 15.1 Å². The summed E-state index contributed by atoms with van der Waals surface area (Å²) in [6, 6.07) is 1.62. The SMILES string of the molecule is COC(=O)c1ccoc1CSc1nnc(N2CCCC2)s1. The van der Waals surface area contributed by atoms with Crippen LogP contribution < -0.4 is 4.90 Å². The van der Waals surface area contributed by atoms with E-state index in [1.807, 2.05) is 0 Å². The maximum atomic E-state index is 11.6. The van der Waals surface area contributed by atoms with Crippen molar-refractivity contribution in [3.63, 3.8) is 0 Å². The van der Waals surface area contributed by atoms with Crippen LogP contribution in [0.15, 0.2) is 21.1 Å². The van der Waals surface area contributed by atoms with Gasteiger partial charge in [-0.05, 0) is 18.9 Å². The molecule has 8 heteroatoms. The Labute approximate surface area is 130 Å². The number of rotatable bonds is 5. The van der Waals surface area contributed by atoms with Crippen LogP contribution in [0.2, 0.25) is 0 Å². The number of hydrogen-bond acceptors (Lipinski definition) is 8. The first-order chi connectivity index (χ1) is 10.3. The largest absolute Gasteiger partial charge is 0.468 e. The number of hydrogen-bond donors (Lipinski definition) is 0. The Morgan fingerprint density at radius 3 is 3.05 bits per heavy atom. The Hall–Kier alpha value is -1.54. The molecule has 0 bridgehead atoms. The number of anilines is 1. The van der Waals surface area contributed by atoms with Crippen molar-refractivity contribution in [1.82, 2.24) is 10.2 Å². The van der Waals surface area contributed by atoms with E-state index in [0.717, 1.165) is 22.6 Å². The third kappa shape index (κ3) is 3.21. The minimum Gasteiger partial charge on any atom is -0.468 e. The number of aromatic nitrogens is 2. The van der Waals surface area contributed by atoms with Gasteiger partial charge in [-0.15, -0.1) is 10.2 Å². The Morgan fingerprint density at radius 2 is 2.29 bits per heavy atom. The molecule has 0 unspecified atom stereocenters. The van der Waals surface area contributed by atoms with Gasteiger partial charge in [0.25, 0.3) is 0 Å². The molecule has 0 saturated carbocycles. The molecule has 3 heterocycles. The fraction of sp³-hybridized carbons (Fsp3) is 0.462. The van der Waals surface area contributed by atoms with Crippen LogP contribution in [0.4, 0.5) is 5.13 Å². The van der Waals surface area contributed by atoms with E-state index < -0.39 is 0 Å². The zero-order chi connectivity index (χ0) is 14.7. The molecule has 1 aliphatic rings.